The molecule has 45 heavy (non-hydrogen) atoms. The van der Waals surface area contributed by atoms with Crippen LogP contribution in [0.1, 0.15) is 94.9 Å². The normalized spacial score (nSPS) is 16.5. The van der Waals surface area contributed by atoms with Gasteiger partial charge in [-0.3, -0.25) is 28.8 Å². The number of nitrogens with two attached hydrogens (primary N) is 1. The Labute approximate surface area is 267 Å². The first-order chi connectivity index (χ1) is 20.6. The molecule has 7 atom stereocenters. The summed E-state index contributed by atoms with van der Waals surface area (Å²) < 4.78 is 0. The molecule has 0 radical (unpaired) electrons. The number of aliphatic hydroxyl groups is 2. The number of amides is 5. The van der Waals surface area contributed by atoms with Crippen molar-refractivity contribution in [3.8, 4) is 0 Å². The number of carbonyl (C=O) groups excluding carboxylic acids is 5. The van der Waals surface area contributed by atoms with E-state index < -0.39 is 96.7 Å². The number of carbonyl (C=O) groups is 6. The van der Waals surface area contributed by atoms with E-state index in [9.17, 15) is 44.1 Å². The highest BCUT2D eigenvalue weighted by atomic mass is 16.4. The number of nitrogens with zero attached hydrogens (tertiary/aromatic N) is 1. The molecule has 0 fully saturated rings. The molecule has 5 amide bonds. The lowest BCUT2D eigenvalue weighted by Crippen LogP contribution is -2.61. The molecule has 0 spiro atoms. The van der Waals surface area contributed by atoms with Crippen LogP contribution < -0.4 is 21.7 Å². The van der Waals surface area contributed by atoms with Gasteiger partial charge in [-0.05, 0) is 43.4 Å². The summed E-state index contributed by atoms with van der Waals surface area (Å²) in [5.41, 5.74) is 6.07. The molecule has 0 aromatic carbocycles. The van der Waals surface area contributed by atoms with Gasteiger partial charge in [0.2, 0.25) is 17.7 Å². The average Bonchev–Trinajstić information content (AvgIpc) is 2.87. The van der Waals surface area contributed by atoms with E-state index in [1.165, 1.54) is 13.8 Å². The molecule has 0 aliphatic carbocycles. The fourth-order valence-electron chi connectivity index (χ4n) is 4.88. The van der Waals surface area contributed by atoms with Crippen molar-refractivity contribution in [2.75, 3.05) is 0 Å². The fourth-order valence-corrected chi connectivity index (χ4v) is 4.88. The molecule has 0 aromatic heterocycles. The topological polar surface area (TPSA) is 228 Å². The van der Waals surface area contributed by atoms with E-state index in [2.05, 4.69) is 16.0 Å². The summed E-state index contributed by atoms with van der Waals surface area (Å²) in [7, 11) is 0. The molecule has 0 aliphatic heterocycles. The van der Waals surface area contributed by atoms with Crippen LogP contribution in [-0.4, -0.2) is 98.1 Å². The Balaban J connectivity index is 6.57. The van der Waals surface area contributed by atoms with Crippen molar-refractivity contribution in [3.63, 3.8) is 0 Å². The lowest BCUT2D eigenvalue weighted by Gasteiger charge is -2.33. The number of hydrogen-bond donors (Lipinski definition) is 7. The van der Waals surface area contributed by atoms with Crippen molar-refractivity contribution in [2.24, 2.45) is 29.4 Å². The summed E-state index contributed by atoms with van der Waals surface area (Å²) in [5.74, 6) is -6.39. The van der Waals surface area contributed by atoms with Gasteiger partial charge in [0, 0.05) is 19.0 Å². The summed E-state index contributed by atoms with van der Waals surface area (Å²) in [6.45, 7) is 16.7. The zero-order valence-corrected chi connectivity index (χ0v) is 28.5. The largest absolute Gasteiger partial charge is 0.481 e. The molecule has 0 aromatic rings. The van der Waals surface area contributed by atoms with Gasteiger partial charge >= 0.3 is 5.97 Å². The van der Waals surface area contributed by atoms with E-state index >= 15 is 0 Å². The Morgan fingerprint density at radius 1 is 0.711 bits per heavy atom. The Morgan fingerprint density at radius 3 is 1.64 bits per heavy atom. The van der Waals surface area contributed by atoms with Gasteiger partial charge in [0.25, 0.3) is 11.8 Å². The minimum Gasteiger partial charge on any atom is -0.481 e. The number of hydrogen-bond acceptors (Lipinski definition) is 10. The first kappa shape index (κ1) is 42.1. The molecule has 260 valence electrons. The predicted molar refractivity (Wildman–Crippen MR) is 168 cm³/mol. The first-order valence-electron chi connectivity index (χ1n) is 15.7. The third kappa shape index (κ3) is 14.8. The molecule has 0 aliphatic rings. The number of aliphatic hydroxyl groups excluding tert-OH is 2. The maximum atomic E-state index is 14.0. The molecule has 0 bridgehead atoms. The maximum absolute atomic E-state index is 14.0. The minimum atomic E-state index is -1.38. The highest BCUT2D eigenvalue weighted by molar-refractivity contribution is 6.14. The first-order valence-corrected chi connectivity index (χ1v) is 15.7. The second-order valence-electron chi connectivity index (χ2n) is 13.4. The van der Waals surface area contributed by atoms with Gasteiger partial charge in [0.15, 0.2) is 0 Å². The third-order valence-corrected chi connectivity index (χ3v) is 7.26. The molecule has 0 saturated heterocycles. The lowest BCUT2D eigenvalue weighted by atomic mass is 9.95. The Kier molecular flexibility index (Phi) is 18.3. The monoisotopic (exact) mass is 643 g/mol. The van der Waals surface area contributed by atoms with E-state index in [-0.39, 0.29) is 24.2 Å². The molecule has 14 heteroatoms. The fraction of sp³-hybridized carbons (Fsp3) is 0.806. The molecule has 0 heterocycles. The molecule has 8 N–H and O–H groups in total. The van der Waals surface area contributed by atoms with E-state index in [4.69, 9.17) is 5.73 Å². The van der Waals surface area contributed by atoms with Crippen molar-refractivity contribution in [3.05, 3.63) is 0 Å². The Morgan fingerprint density at radius 2 is 1.22 bits per heavy atom. The van der Waals surface area contributed by atoms with E-state index in [0.717, 1.165) is 0 Å². The van der Waals surface area contributed by atoms with Crippen molar-refractivity contribution in [2.45, 2.75) is 137 Å². The summed E-state index contributed by atoms with van der Waals surface area (Å²) in [4.78, 5) is 78.1. The van der Waals surface area contributed by atoms with Gasteiger partial charge in [0.05, 0.1) is 31.1 Å². The van der Waals surface area contributed by atoms with E-state index in [1.807, 2.05) is 27.7 Å². The van der Waals surface area contributed by atoms with Crippen molar-refractivity contribution in [1.29, 1.82) is 0 Å². The van der Waals surface area contributed by atoms with Crippen molar-refractivity contribution >= 4 is 35.5 Å². The van der Waals surface area contributed by atoms with Gasteiger partial charge < -0.3 is 37.0 Å². The molecule has 0 rings (SSSR count). The highest BCUT2D eigenvalue weighted by Gasteiger charge is 2.41. The van der Waals surface area contributed by atoms with Crippen LogP contribution in [0.2, 0.25) is 0 Å². The summed E-state index contributed by atoms with van der Waals surface area (Å²) in [6, 6.07) is -5.33. The molecule has 14 nitrogen and oxygen atoms in total. The number of carboxylic acids is 1. The van der Waals surface area contributed by atoms with Crippen molar-refractivity contribution < 1.29 is 44.1 Å². The average molecular weight is 644 g/mol. The van der Waals surface area contributed by atoms with Crippen molar-refractivity contribution in [1.82, 2.24) is 20.9 Å². The highest BCUT2D eigenvalue weighted by Crippen LogP contribution is 2.17. The number of imide groups is 3. The molecule has 0 saturated carbocycles. The van der Waals surface area contributed by atoms with E-state index in [0.29, 0.717) is 11.3 Å². The summed E-state index contributed by atoms with van der Waals surface area (Å²) in [6.07, 6.45) is -3.36. The van der Waals surface area contributed by atoms with Gasteiger partial charge in [0.1, 0.15) is 12.1 Å². The second-order valence-corrected chi connectivity index (χ2v) is 13.4. The zero-order valence-electron chi connectivity index (χ0n) is 28.5. The maximum Gasteiger partial charge on any atom is 0.306 e. The third-order valence-electron chi connectivity index (χ3n) is 7.26. The van der Waals surface area contributed by atoms with Crippen LogP contribution >= 0.6 is 0 Å². The van der Waals surface area contributed by atoms with Gasteiger partial charge in [-0.15, -0.1) is 0 Å². The van der Waals surface area contributed by atoms with Crippen LogP contribution in [0.15, 0.2) is 0 Å². The van der Waals surface area contributed by atoms with Crippen LogP contribution in [0, 0.1) is 23.7 Å². The minimum absolute atomic E-state index is 0.0109. The molecule has 1 unspecified atom stereocenters. The van der Waals surface area contributed by atoms with Crippen LogP contribution in [-0.2, 0) is 28.8 Å². The van der Waals surface area contributed by atoms with Crippen LogP contribution in [0.3, 0.4) is 0 Å². The number of carboxylic acid groups (broad SMARTS) is 1. The number of aliphatic carboxylic acids is 1. The number of nitrogens with one attached hydrogen (secondary N) is 3. The predicted octanol–water partition coefficient (Wildman–Crippen LogP) is 0.523. The van der Waals surface area contributed by atoms with Gasteiger partial charge in [-0.25, -0.2) is 4.90 Å². The number of rotatable bonds is 19. The molecular weight excluding hydrogens is 586 g/mol. The molecular formula is C31H57N5O9. The Hall–Kier alpha value is -2.94. The SMILES string of the molecule is CC(=O)N[C@H](C(=O)N[C@H](C(=O)N(C(=O)C[C@H](O)[C@@H](N)CC(C)C)C(=O)[C@H](C)NC(CC(C)C)[C@@H](O)CC(=O)O)C(C)C)C(C)C. The Bertz CT molecular complexity index is 1020. The van der Waals surface area contributed by atoms with Gasteiger partial charge in [-0.2, -0.15) is 0 Å². The second kappa shape index (κ2) is 19.5. The zero-order chi connectivity index (χ0) is 35.3. The summed E-state index contributed by atoms with van der Waals surface area (Å²) >= 11 is 0. The van der Waals surface area contributed by atoms with Crippen LogP contribution in [0.5, 0.6) is 0 Å². The van der Waals surface area contributed by atoms with Crippen LogP contribution in [0.25, 0.3) is 0 Å². The quantitative estimate of drug-likeness (QED) is 0.103. The van der Waals surface area contributed by atoms with Gasteiger partial charge in [-0.1, -0.05) is 55.4 Å². The standard InChI is InChI=1S/C31H57N5O9/c1-15(2)11-21(32)23(38)13-25(40)36(30(44)19(9)33-22(12-16(3)4)24(39)14-26(41)42)31(45)28(18(7)8)35-29(43)27(17(5)6)34-20(10)37/h15-19,21-24,27-28,33,38-39H,11-14,32H2,1-10H3,(H,34,37)(H,35,43)(H,41,42)/t19-,21-,22?,23-,24-,27-,28-/m0/s1. The van der Waals surface area contributed by atoms with E-state index in [1.54, 1.807) is 27.7 Å². The van der Waals surface area contributed by atoms with Crippen LogP contribution in [0.4, 0.5) is 0 Å². The summed E-state index contributed by atoms with van der Waals surface area (Å²) in [5, 5.41) is 38.4. The smallest absolute Gasteiger partial charge is 0.306 e. The lowest BCUT2D eigenvalue weighted by molar-refractivity contribution is -0.158.